The van der Waals surface area contributed by atoms with Gasteiger partial charge in [-0.3, -0.25) is 0 Å². The summed E-state index contributed by atoms with van der Waals surface area (Å²) in [7, 11) is 0. The van der Waals surface area contributed by atoms with Crippen LogP contribution in [0, 0.1) is 17.6 Å². The predicted molar refractivity (Wildman–Crippen MR) is 63.2 cm³/mol. The molecule has 0 saturated heterocycles. The zero-order valence-corrected chi connectivity index (χ0v) is 10.9. The molecule has 0 heterocycles. The number of aliphatic hydroxyl groups excluding tert-OH is 1. The first-order valence-electron chi connectivity index (χ1n) is 5.24. The van der Waals surface area contributed by atoms with Crippen molar-refractivity contribution in [1.29, 1.82) is 0 Å². The van der Waals surface area contributed by atoms with Crippen LogP contribution in [0.2, 0.25) is 0 Å². The summed E-state index contributed by atoms with van der Waals surface area (Å²) in [6, 6.07) is 2.57. The van der Waals surface area contributed by atoms with Crippen molar-refractivity contribution >= 4 is 15.9 Å². The third kappa shape index (κ3) is 3.25. The van der Waals surface area contributed by atoms with E-state index in [0.29, 0.717) is 6.42 Å². The molecule has 1 aromatic carbocycles. The maximum absolute atomic E-state index is 13.5. The zero-order valence-electron chi connectivity index (χ0n) is 9.30. The molecule has 1 atom stereocenters. The maximum Gasteiger partial charge on any atom is 0.143 e. The number of hydrogen-bond acceptors (Lipinski definition) is 1. The fourth-order valence-corrected chi connectivity index (χ4v) is 1.80. The second-order valence-corrected chi connectivity index (χ2v) is 5.03. The highest BCUT2D eigenvalue weighted by Crippen LogP contribution is 2.23. The van der Waals surface area contributed by atoms with Gasteiger partial charge >= 0.3 is 0 Å². The first-order chi connectivity index (χ1) is 7.43. The molecule has 1 rings (SSSR count). The molecule has 0 aliphatic heterocycles. The van der Waals surface area contributed by atoms with E-state index in [4.69, 9.17) is 0 Å². The van der Waals surface area contributed by atoms with Crippen molar-refractivity contribution in [2.24, 2.45) is 5.92 Å². The molecule has 1 nitrogen and oxygen atoms in total. The van der Waals surface area contributed by atoms with Crippen molar-refractivity contribution in [3.05, 3.63) is 33.8 Å². The molecular weight excluding hydrogens is 278 g/mol. The highest BCUT2D eigenvalue weighted by atomic mass is 79.9. The Kier molecular flexibility index (Phi) is 4.87. The van der Waals surface area contributed by atoms with Crippen molar-refractivity contribution in [3.8, 4) is 0 Å². The monoisotopic (exact) mass is 292 g/mol. The van der Waals surface area contributed by atoms with Crippen LogP contribution >= 0.6 is 15.9 Å². The van der Waals surface area contributed by atoms with E-state index in [2.05, 4.69) is 15.9 Å². The molecule has 0 fully saturated rings. The van der Waals surface area contributed by atoms with Crippen LogP contribution in [-0.4, -0.2) is 11.2 Å². The van der Waals surface area contributed by atoms with Crippen LogP contribution in [0.3, 0.4) is 0 Å². The lowest BCUT2D eigenvalue weighted by Crippen LogP contribution is -2.16. The summed E-state index contributed by atoms with van der Waals surface area (Å²) in [5.74, 6) is -1.04. The number of halogens is 3. The minimum absolute atomic E-state index is 0.0362. The molecule has 90 valence electrons. The van der Waals surface area contributed by atoms with E-state index in [-0.39, 0.29) is 22.4 Å². The van der Waals surface area contributed by atoms with Gasteiger partial charge in [-0.05, 0) is 46.8 Å². The van der Waals surface area contributed by atoms with Crippen molar-refractivity contribution in [2.45, 2.75) is 32.8 Å². The van der Waals surface area contributed by atoms with Gasteiger partial charge in [0.1, 0.15) is 11.6 Å². The Morgan fingerprint density at radius 1 is 1.31 bits per heavy atom. The van der Waals surface area contributed by atoms with Gasteiger partial charge in [-0.2, -0.15) is 0 Å². The van der Waals surface area contributed by atoms with E-state index >= 15 is 0 Å². The van der Waals surface area contributed by atoms with Crippen LogP contribution in [0.25, 0.3) is 0 Å². The molecule has 4 heteroatoms. The average Bonchev–Trinajstić information content (AvgIpc) is 2.23. The molecule has 1 unspecified atom stereocenters. The van der Waals surface area contributed by atoms with Crippen molar-refractivity contribution in [1.82, 2.24) is 0 Å². The van der Waals surface area contributed by atoms with Crippen LogP contribution in [0.4, 0.5) is 8.78 Å². The molecule has 1 aromatic rings. The van der Waals surface area contributed by atoms with Gasteiger partial charge in [0, 0.05) is 5.56 Å². The van der Waals surface area contributed by atoms with Gasteiger partial charge in [-0.15, -0.1) is 0 Å². The molecule has 0 aliphatic carbocycles. The second kappa shape index (κ2) is 5.73. The van der Waals surface area contributed by atoms with Crippen LogP contribution < -0.4 is 0 Å². The number of rotatable bonds is 4. The minimum Gasteiger partial charge on any atom is -0.393 e. The van der Waals surface area contributed by atoms with E-state index in [9.17, 15) is 13.9 Å². The van der Waals surface area contributed by atoms with E-state index < -0.39 is 17.7 Å². The Morgan fingerprint density at radius 3 is 2.50 bits per heavy atom. The third-order valence-corrected chi connectivity index (χ3v) is 3.21. The summed E-state index contributed by atoms with van der Waals surface area (Å²) >= 11 is 3.01. The normalized spacial score (nSPS) is 13.2. The fourth-order valence-electron chi connectivity index (χ4n) is 1.42. The Balaban J connectivity index is 2.77. The lowest BCUT2D eigenvalue weighted by molar-refractivity contribution is 0.116. The lowest BCUT2D eigenvalue weighted by Gasteiger charge is -2.14. The quantitative estimate of drug-likeness (QED) is 0.840. The highest BCUT2D eigenvalue weighted by Gasteiger charge is 2.15. The molecule has 16 heavy (non-hydrogen) atoms. The number of aliphatic hydroxyl groups is 1. The second-order valence-electron chi connectivity index (χ2n) is 4.17. The molecule has 0 aromatic heterocycles. The summed E-state index contributed by atoms with van der Waals surface area (Å²) in [5.41, 5.74) is 0.0362. The largest absolute Gasteiger partial charge is 0.393 e. The minimum atomic E-state index is -0.573. The van der Waals surface area contributed by atoms with Crippen molar-refractivity contribution in [3.63, 3.8) is 0 Å². The lowest BCUT2D eigenvalue weighted by atomic mass is 9.99. The SMILES string of the molecule is CC(C)C(O)CCc1c(F)ccc(Br)c1F. The highest BCUT2D eigenvalue weighted by molar-refractivity contribution is 9.10. The van der Waals surface area contributed by atoms with E-state index in [1.165, 1.54) is 12.1 Å². The summed E-state index contributed by atoms with van der Waals surface area (Å²) in [6.45, 7) is 3.75. The van der Waals surface area contributed by atoms with Crippen LogP contribution in [0.15, 0.2) is 16.6 Å². The van der Waals surface area contributed by atoms with Crippen LogP contribution in [-0.2, 0) is 6.42 Å². The zero-order chi connectivity index (χ0) is 12.3. The number of hydrogen-bond donors (Lipinski definition) is 1. The molecule has 0 amide bonds. The number of benzene rings is 1. The first-order valence-corrected chi connectivity index (χ1v) is 6.03. The van der Waals surface area contributed by atoms with Crippen LogP contribution in [0.1, 0.15) is 25.8 Å². The van der Waals surface area contributed by atoms with Gasteiger partial charge in [0.25, 0.3) is 0 Å². The topological polar surface area (TPSA) is 20.2 Å². The summed E-state index contributed by atoms with van der Waals surface area (Å²) in [5, 5.41) is 9.58. The predicted octanol–water partition coefficient (Wildman–Crippen LogP) is 3.68. The van der Waals surface area contributed by atoms with Crippen molar-refractivity contribution in [2.75, 3.05) is 0 Å². The molecule has 0 spiro atoms. The Bertz CT molecular complexity index is 366. The third-order valence-electron chi connectivity index (χ3n) is 2.60. The fraction of sp³-hybridized carbons (Fsp3) is 0.500. The van der Waals surface area contributed by atoms with Gasteiger partial charge in [-0.1, -0.05) is 13.8 Å². The molecular formula is C12H15BrF2O. The Hall–Kier alpha value is -0.480. The average molecular weight is 293 g/mol. The Labute approximate surface area is 103 Å². The molecule has 1 N–H and O–H groups in total. The molecule has 0 aliphatic rings. The summed E-state index contributed by atoms with van der Waals surface area (Å²) in [6.07, 6.45) is 0.0380. The van der Waals surface area contributed by atoms with Crippen LogP contribution in [0.5, 0.6) is 0 Å². The smallest absolute Gasteiger partial charge is 0.143 e. The summed E-state index contributed by atoms with van der Waals surface area (Å²) < 4.78 is 27.1. The standard InChI is InChI=1S/C12H15BrF2O/c1-7(2)11(16)6-3-8-10(14)5-4-9(13)12(8)15/h4-5,7,11,16H,3,6H2,1-2H3. The molecule has 0 bridgehead atoms. The van der Waals surface area contributed by atoms with Crippen molar-refractivity contribution < 1.29 is 13.9 Å². The van der Waals surface area contributed by atoms with Gasteiger partial charge in [0.05, 0.1) is 10.6 Å². The van der Waals surface area contributed by atoms with E-state index in [0.717, 1.165) is 0 Å². The van der Waals surface area contributed by atoms with E-state index in [1.807, 2.05) is 13.8 Å². The van der Waals surface area contributed by atoms with Gasteiger partial charge in [-0.25, -0.2) is 8.78 Å². The maximum atomic E-state index is 13.5. The summed E-state index contributed by atoms with van der Waals surface area (Å²) in [4.78, 5) is 0. The first kappa shape index (κ1) is 13.6. The molecule has 0 saturated carbocycles. The van der Waals surface area contributed by atoms with Gasteiger partial charge in [0.15, 0.2) is 0 Å². The van der Waals surface area contributed by atoms with Gasteiger partial charge in [0.2, 0.25) is 0 Å². The Morgan fingerprint density at radius 2 is 1.94 bits per heavy atom. The van der Waals surface area contributed by atoms with Gasteiger partial charge < -0.3 is 5.11 Å². The van der Waals surface area contributed by atoms with E-state index in [1.54, 1.807) is 0 Å². The molecule has 0 radical (unpaired) electrons.